The highest BCUT2D eigenvalue weighted by atomic mass is 19.1. The second-order valence-corrected chi connectivity index (χ2v) is 7.26. The standard InChI is InChI=1S/C21H21FN4O3/c22-15-5-7-16(8-6-15)25-10-9-14(12-25)11-23-19(27)13-26-21(29)18-4-2-1-3-17(18)20(28)24-26/h1-8,14H,9-13H2,(H,23,27)(H,24,28). The minimum absolute atomic E-state index is 0.243. The van der Waals surface area contributed by atoms with Gasteiger partial charge in [-0.1, -0.05) is 12.1 Å². The number of aromatic nitrogens is 2. The Kier molecular flexibility index (Phi) is 5.16. The van der Waals surface area contributed by atoms with E-state index in [9.17, 15) is 18.8 Å². The lowest BCUT2D eigenvalue weighted by Crippen LogP contribution is -2.38. The van der Waals surface area contributed by atoms with Crippen molar-refractivity contribution in [3.05, 3.63) is 75.1 Å². The van der Waals surface area contributed by atoms with Crippen LogP contribution < -0.4 is 21.3 Å². The van der Waals surface area contributed by atoms with Crippen molar-refractivity contribution in [2.75, 3.05) is 24.5 Å². The van der Waals surface area contributed by atoms with Crippen molar-refractivity contribution in [2.45, 2.75) is 13.0 Å². The Morgan fingerprint density at radius 1 is 1.10 bits per heavy atom. The third kappa shape index (κ3) is 4.06. The highest BCUT2D eigenvalue weighted by molar-refractivity contribution is 5.81. The Balaban J connectivity index is 1.36. The quantitative estimate of drug-likeness (QED) is 0.684. The van der Waals surface area contributed by atoms with Gasteiger partial charge in [-0.3, -0.25) is 19.5 Å². The largest absolute Gasteiger partial charge is 0.371 e. The van der Waals surface area contributed by atoms with Crippen LogP contribution >= 0.6 is 0 Å². The first kappa shape index (κ1) is 18.9. The first-order valence-electron chi connectivity index (χ1n) is 9.50. The maximum Gasteiger partial charge on any atom is 0.273 e. The van der Waals surface area contributed by atoms with E-state index >= 15 is 0 Å². The fraction of sp³-hybridized carbons (Fsp3) is 0.286. The van der Waals surface area contributed by atoms with E-state index in [-0.39, 0.29) is 29.6 Å². The highest BCUT2D eigenvalue weighted by Gasteiger charge is 2.23. The van der Waals surface area contributed by atoms with Gasteiger partial charge in [0.05, 0.1) is 10.8 Å². The predicted octanol–water partition coefficient (Wildman–Crippen LogP) is 1.47. The number of nitrogens with zero attached hydrogens (tertiary/aromatic N) is 2. The number of benzene rings is 2. The first-order chi connectivity index (χ1) is 14.0. The second-order valence-electron chi connectivity index (χ2n) is 7.26. The van der Waals surface area contributed by atoms with Crippen LogP contribution in [-0.4, -0.2) is 35.3 Å². The van der Waals surface area contributed by atoms with E-state index in [0.717, 1.165) is 29.9 Å². The lowest BCUT2D eigenvalue weighted by atomic mass is 10.1. The van der Waals surface area contributed by atoms with Crippen molar-refractivity contribution >= 4 is 22.4 Å². The number of H-pyrrole nitrogens is 1. The molecular weight excluding hydrogens is 375 g/mol. The molecule has 0 radical (unpaired) electrons. The van der Waals surface area contributed by atoms with Gasteiger partial charge in [-0.2, -0.15) is 0 Å². The Morgan fingerprint density at radius 3 is 2.59 bits per heavy atom. The fourth-order valence-electron chi connectivity index (χ4n) is 3.70. The summed E-state index contributed by atoms with van der Waals surface area (Å²) in [4.78, 5) is 39.1. The third-order valence-corrected chi connectivity index (χ3v) is 5.25. The Morgan fingerprint density at radius 2 is 1.83 bits per heavy atom. The number of rotatable bonds is 5. The molecule has 1 unspecified atom stereocenters. The Hall–Kier alpha value is -3.42. The molecule has 7 nitrogen and oxygen atoms in total. The van der Waals surface area contributed by atoms with Crippen LogP contribution in [0.2, 0.25) is 0 Å². The van der Waals surface area contributed by atoms with Gasteiger partial charge >= 0.3 is 0 Å². The van der Waals surface area contributed by atoms with Gasteiger partial charge in [0.1, 0.15) is 12.4 Å². The maximum atomic E-state index is 13.1. The van der Waals surface area contributed by atoms with Crippen LogP contribution in [0.4, 0.5) is 10.1 Å². The number of halogens is 1. The van der Waals surface area contributed by atoms with Crippen molar-refractivity contribution in [3.63, 3.8) is 0 Å². The zero-order valence-electron chi connectivity index (χ0n) is 15.7. The molecule has 1 saturated heterocycles. The molecule has 1 fully saturated rings. The molecule has 0 aliphatic carbocycles. The average molecular weight is 396 g/mol. The van der Waals surface area contributed by atoms with Crippen LogP contribution in [0.3, 0.4) is 0 Å². The van der Waals surface area contributed by atoms with Crippen molar-refractivity contribution < 1.29 is 9.18 Å². The van der Waals surface area contributed by atoms with Gasteiger partial charge in [-0.25, -0.2) is 9.07 Å². The molecule has 8 heteroatoms. The fourth-order valence-corrected chi connectivity index (χ4v) is 3.70. The summed E-state index contributed by atoms with van der Waals surface area (Å²) in [6.45, 7) is 1.83. The van der Waals surface area contributed by atoms with E-state index in [0.29, 0.717) is 11.9 Å². The first-order valence-corrected chi connectivity index (χ1v) is 9.50. The summed E-state index contributed by atoms with van der Waals surface area (Å²) in [6.07, 6.45) is 0.907. The summed E-state index contributed by atoms with van der Waals surface area (Å²) in [5.41, 5.74) is 0.151. The molecule has 4 rings (SSSR count). The van der Waals surface area contributed by atoms with Crippen LogP contribution in [0, 0.1) is 11.7 Å². The van der Waals surface area contributed by atoms with Crippen LogP contribution in [0.5, 0.6) is 0 Å². The normalized spacial score (nSPS) is 16.3. The zero-order valence-corrected chi connectivity index (χ0v) is 15.7. The molecule has 150 valence electrons. The topological polar surface area (TPSA) is 87.2 Å². The van der Waals surface area contributed by atoms with E-state index in [4.69, 9.17) is 0 Å². The zero-order chi connectivity index (χ0) is 20.4. The second kappa shape index (κ2) is 7.90. The minimum Gasteiger partial charge on any atom is -0.371 e. The molecule has 1 atom stereocenters. The highest BCUT2D eigenvalue weighted by Crippen LogP contribution is 2.23. The smallest absolute Gasteiger partial charge is 0.273 e. The number of anilines is 1. The summed E-state index contributed by atoms with van der Waals surface area (Å²) in [5.74, 6) is -0.339. The molecular formula is C21H21FN4O3. The lowest BCUT2D eigenvalue weighted by Gasteiger charge is -2.19. The molecule has 0 bridgehead atoms. The molecule has 2 aromatic carbocycles. The van der Waals surface area contributed by atoms with Crippen LogP contribution in [0.1, 0.15) is 6.42 Å². The predicted molar refractivity (Wildman–Crippen MR) is 109 cm³/mol. The van der Waals surface area contributed by atoms with E-state index in [1.807, 2.05) is 0 Å². The monoisotopic (exact) mass is 396 g/mol. The van der Waals surface area contributed by atoms with E-state index in [1.165, 1.54) is 12.1 Å². The van der Waals surface area contributed by atoms with E-state index in [2.05, 4.69) is 15.3 Å². The van der Waals surface area contributed by atoms with Crippen molar-refractivity contribution in [3.8, 4) is 0 Å². The molecule has 0 spiro atoms. The van der Waals surface area contributed by atoms with Gasteiger partial charge in [0, 0.05) is 25.3 Å². The number of carbonyl (C=O) groups excluding carboxylic acids is 1. The number of hydrogen-bond acceptors (Lipinski definition) is 4. The number of aromatic amines is 1. The molecule has 1 aliphatic rings. The molecule has 0 saturated carbocycles. The SMILES string of the molecule is O=C(Cn1[nH]c(=O)c2ccccc2c1=O)NCC1CCN(c2ccc(F)cc2)C1. The van der Waals surface area contributed by atoms with Crippen molar-refractivity contribution in [1.29, 1.82) is 0 Å². The number of hydrogen-bond donors (Lipinski definition) is 2. The molecule has 1 amide bonds. The number of amides is 1. The van der Waals surface area contributed by atoms with Gasteiger partial charge in [-0.15, -0.1) is 0 Å². The van der Waals surface area contributed by atoms with Gasteiger partial charge in [0.2, 0.25) is 5.91 Å². The molecule has 29 heavy (non-hydrogen) atoms. The summed E-state index contributed by atoms with van der Waals surface area (Å²) in [5, 5.41) is 5.89. The van der Waals surface area contributed by atoms with Gasteiger partial charge in [0.15, 0.2) is 0 Å². The summed E-state index contributed by atoms with van der Waals surface area (Å²) in [7, 11) is 0. The minimum atomic E-state index is -0.404. The number of carbonyl (C=O) groups is 1. The van der Waals surface area contributed by atoms with Gasteiger partial charge in [0.25, 0.3) is 11.1 Å². The molecule has 2 N–H and O–H groups in total. The molecule has 2 heterocycles. The third-order valence-electron chi connectivity index (χ3n) is 5.25. The van der Waals surface area contributed by atoms with Crippen molar-refractivity contribution in [1.82, 2.24) is 15.1 Å². The molecule has 1 aliphatic heterocycles. The summed E-state index contributed by atoms with van der Waals surface area (Å²) < 4.78 is 14.1. The van der Waals surface area contributed by atoms with Gasteiger partial charge in [-0.05, 0) is 48.7 Å². The Bertz CT molecular complexity index is 1150. The van der Waals surface area contributed by atoms with Gasteiger partial charge < -0.3 is 10.2 Å². The van der Waals surface area contributed by atoms with Crippen LogP contribution in [0.25, 0.3) is 10.8 Å². The lowest BCUT2D eigenvalue weighted by molar-refractivity contribution is -0.122. The van der Waals surface area contributed by atoms with E-state index < -0.39 is 11.1 Å². The maximum absolute atomic E-state index is 13.1. The molecule has 3 aromatic rings. The van der Waals surface area contributed by atoms with Crippen LogP contribution in [-0.2, 0) is 11.3 Å². The molecule has 1 aromatic heterocycles. The number of fused-ring (bicyclic) bond motifs is 1. The summed E-state index contributed by atoms with van der Waals surface area (Å²) in [6, 6.07) is 12.9. The Labute approximate surface area is 165 Å². The average Bonchev–Trinajstić information content (AvgIpc) is 3.20. The van der Waals surface area contributed by atoms with Crippen molar-refractivity contribution in [2.24, 2.45) is 5.92 Å². The van der Waals surface area contributed by atoms with E-state index in [1.54, 1.807) is 36.4 Å². The summed E-state index contributed by atoms with van der Waals surface area (Å²) >= 11 is 0. The number of nitrogens with one attached hydrogen (secondary N) is 2. The van der Waals surface area contributed by atoms with Crippen LogP contribution in [0.15, 0.2) is 58.1 Å².